The van der Waals surface area contributed by atoms with Crippen LogP contribution in [0, 0.1) is 0 Å². The summed E-state index contributed by atoms with van der Waals surface area (Å²) >= 11 is 7.64. The van der Waals surface area contributed by atoms with Gasteiger partial charge in [-0.25, -0.2) is 0 Å². The van der Waals surface area contributed by atoms with Crippen LogP contribution in [0.4, 0.5) is 5.00 Å². The summed E-state index contributed by atoms with van der Waals surface area (Å²) in [7, 11) is 1.65. The molecule has 1 aromatic carbocycles. The molecule has 0 amide bonds. The van der Waals surface area contributed by atoms with Crippen molar-refractivity contribution in [3.8, 4) is 16.9 Å². The molecule has 0 bridgehead atoms. The fraction of sp³-hybridized carbons (Fsp3) is 0.231. The van der Waals surface area contributed by atoms with Crippen molar-refractivity contribution in [3.63, 3.8) is 0 Å². The molecule has 2 rings (SSSR count). The van der Waals surface area contributed by atoms with Crippen molar-refractivity contribution >= 4 is 27.9 Å². The summed E-state index contributed by atoms with van der Waals surface area (Å²) in [5.74, 6) is 0.793. The van der Waals surface area contributed by atoms with Gasteiger partial charge in [0.1, 0.15) is 5.75 Å². The van der Waals surface area contributed by atoms with Crippen LogP contribution in [0.5, 0.6) is 5.75 Å². The van der Waals surface area contributed by atoms with Crippen molar-refractivity contribution in [1.29, 1.82) is 0 Å². The SMILES string of the molecule is CCc1cc(-c2cc(Cl)ccc2OC)c(N)s1. The molecule has 0 unspecified atom stereocenters. The number of hydrogen-bond donors (Lipinski definition) is 1. The Kier molecular flexibility index (Phi) is 3.60. The van der Waals surface area contributed by atoms with E-state index in [0.29, 0.717) is 5.02 Å². The molecule has 17 heavy (non-hydrogen) atoms. The molecule has 0 spiro atoms. The number of halogens is 1. The summed E-state index contributed by atoms with van der Waals surface area (Å²) in [6, 6.07) is 7.67. The molecule has 2 nitrogen and oxygen atoms in total. The first kappa shape index (κ1) is 12.3. The van der Waals surface area contributed by atoms with Gasteiger partial charge in [0.2, 0.25) is 0 Å². The quantitative estimate of drug-likeness (QED) is 0.904. The Hall–Kier alpha value is -1.19. The smallest absolute Gasteiger partial charge is 0.126 e. The molecule has 1 heterocycles. The van der Waals surface area contributed by atoms with Gasteiger partial charge in [-0.3, -0.25) is 0 Å². The molecule has 0 fully saturated rings. The molecule has 0 atom stereocenters. The van der Waals surface area contributed by atoms with Gasteiger partial charge in [0.15, 0.2) is 0 Å². The standard InChI is InChI=1S/C13H14ClNOS/c1-3-9-7-11(13(15)17-9)10-6-8(14)4-5-12(10)16-2/h4-7H,3,15H2,1-2H3. The maximum Gasteiger partial charge on any atom is 0.126 e. The second kappa shape index (κ2) is 4.98. The zero-order valence-corrected chi connectivity index (χ0v) is 11.4. The highest BCUT2D eigenvalue weighted by molar-refractivity contribution is 7.16. The second-order valence-corrected chi connectivity index (χ2v) is 5.29. The first-order chi connectivity index (χ1) is 8.15. The molecule has 0 saturated carbocycles. The van der Waals surface area contributed by atoms with Gasteiger partial charge in [-0.15, -0.1) is 11.3 Å². The summed E-state index contributed by atoms with van der Waals surface area (Å²) < 4.78 is 5.34. The number of anilines is 1. The minimum absolute atomic E-state index is 0.685. The lowest BCUT2D eigenvalue weighted by Crippen LogP contribution is -1.89. The molecule has 0 aliphatic rings. The third kappa shape index (κ3) is 2.40. The normalized spacial score (nSPS) is 10.5. The molecular formula is C13H14ClNOS. The predicted octanol–water partition coefficient (Wildman–Crippen LogP) is 4.22. The molecule has 1 aromatic heterocycles. The summed E-state index contributed by atoms with van der Waals surface area (Å²) in [5.41, 5.74) is 8.00. The molecule has 0 radical (unpaired) electrons. The fourth-order valence-electron chi connectivity index (χ4n) is 1.73. The van der Waals surface area contributed by atoms with E-state index in [1.54, 1.807) is 18.4 Å². The number of nitrogen functional groups attached to an aromatic ring is 1. The molecular weight excluding hydrogens is 254 g/mol. The van der Waals surface area contributed by atoms with Crippen LogP contribution in [0.3, 0.4) is 0 Å². The first-order valence-corrected chi connectivity index (χ1v) is 6.57. The highest BCUT2D eigenvalue weighted by Crippen LogP contribution is 2.40. The zero-order valence-electron chi connectivity index (χ0n) is 9.79. The summed E-state index contributed by atoms with van der Waals surface area (Å²) in [6.45, 7) is 2.12. The van der Waals surface area contributed by atoms with Crippen molar-refractivity contribution in [2.45, 2.75) is 13.3 Å². The van der Waals surface area contributed by atoms with Crippen LogP contribution < -0.4 is 10.5 Å². The van der Waals surface area contributed by atoms with Crippen LogP contribution >= 0.6 is 22.9 Å². The molecule has 0 aliphatic carbocycles. The van der Waals surface area contributed by atoms with Crippen molar-refractivity contribution in [3.05, 3.63) is 34.2 Å². The molecule has 2 N–H and O–H groups in total. The van der Waals surface area contributed by atoms with Gasteiger partial charge in [0, 0.05) is 21.0 Å². The van der Waals surface area contributed by atoms with Crippen LogP contribution in [0.2, 0.25) is 5.02 Å². The predicted molar refractivity (Wildman–Crippen MR) is 75.1 cm³/mol. The molecule has 0 aliphatic heterocycles. The molecule has 0 saturated heterocycles. The summed E-state index contributed by atoms with van der Waals surface area (Å²) in [5, 5.41) is 1.49. The van der Waals surface area contributed by atoms with Gasteiger partial charge >= 0.3 is 0 Å². The third-order valence-corrected chi connectivity index (χ3v) is 3.96. The van der Waals surface area contributed by atoms with Gasteiger partial charge in [-0.2, -0.15) is 0 Å². The number of ether oxygens (including phenoxy) is 1. The Morgan fingerprint density at radius 2 is 2.06 bits per heavy atom. The zero-order chi connectivity index (χ0) is 12.4. The molecule has 4 heteroatoms. The lowest BCUT2D eigenvalue weighted by atomic mass is 10.1. The Bertz CT molecular complexity index is 536. The highest BCUT2D eigenvalue weighted by atomic mass is 35.5. The van der Waals surface area contributed by atoms with Crippen LogP contribution in [0.1, 0.15) is 11.8 Å². The second-order valence-electron chi connectivity index (χ2n) is 3.69. The van der Waals surface area contributed by atoms with E-state index < -0.39 is 0 Å². The summed E-state index contributed by atoms with van der Waals surface area (Å²) in [4.78, 5) is 1.26. The monoisotopic (exact) mass is 267 g/mol. The van der Waals surface area contributed by atoms with E-state index in [1.807, 2.05) is 18.2 Å². The Morgan fingerprint density at radius 3 is 2.65 bits per heavy atom. The minimum Gasteiger partial charge on any atom is -0.496 e. The van der Waals surface area contributed by atoms with Gasteiger partial charge < -0.3 is 10.5 Å². The van der Waals surface area contributed by atoms with Crippen molar-refractivity contribution < 1.29 is 4.74 Å². The molecule has 2 aromatic rings. The number of benzene rings is 1. The number of nitrogens with two attached hydrogens (primary N) is 1. The van der Waals surface area contributed by atoms with E-state index in [1.165, 1.54) is 4.88 Å². The van der Waals surface area contributed by atoms with Gasteiger partial charge in [0.05, 0.1) is 12.1 Å². The third-order valence-electron chi connectivity index (χ3n) is 2.61. The highest BCUT2D eigenvalue weighted by Gasteiger charge is 2.12. The number of rotatable bonds is 3. The lowest BCUT2D eigenvalue weighted by Gasteiger charge is -2.08. The lowest BCUT2D eigenvalue weighted by molar-refractivity contribution is 0.416. The van der Waals surface area contributed by atoms with Crippen molar-refractivity contribution in [2.24, 2.45) is 0 Å². The summed E-state index contributed by atoms with van der Waals surface area (Å²) in [6.07, 6.45) is 0.984. The largest absolute Gasteiger partial charge is 0.496 e. The fourth-order valence-corrected chi connectivity index (χ4v) is 2.79. The van der Waals surface area contributed by atoms with E-state index in [4.69, 9.17) is 22.1 Å². The van der Waals surface area contributed by atoms with E-state index in [2.05, 4.69) is 13.0 Å². The number of hydrogen-bond acceptors (Lipinski definition) is 3. The van der Waals surface area contributed by atoms with Gasteiger partial charge in [-0.1, -0.05) is 18.5 Å². The van der Waals surface area contributed by atoms with E-state index in [9.17, 15) is 0 Å². The van der Waals surface area contributed by atoms with Crippen LogP contribution in [0.15, 0.2) is 24.3 Å². The number of aryl methyl sites for hydroxylation is 1. The van der Waals surface area contributed by atoms with Gasteiger partial charge in [0.25, 0.3) is 0 Å². The molecule has 90 valence electrons. The van der Waals surface area contributed by atoms with E-state index in [0.717, 1.165) is 28.3 Å². The maximum absolute atomic E-state index is 6.04. The van der Waals surface area contributed by atoms with Gasteiger partial charge in [-0.05, 0) is 30.7 Å². The average molecular weight is 268 g/mol. The maximum atomic E-state index is 6.04. The van der Waals surface area contributed by atoms with Crippen LogP contribution in [0.25, 0.3) is 11.1 Å². The Labute approximate surface area is 110 Å². The number of methoxy groups -OCH3 is 1. The van der Waals surface area contributed by atoms with Crippen molar-refractivity contribution in [2.75, 3.05) is 12.8 Å². The first-order valence-electron chi connectivity index (χ1n) is 5.37. The minimum atomic E-state index is 0.685. The topological polar surface area (TPSA) is 35.2 Å². The van der Waals surface area contributed by atoms with E-state index >= 15 is 0 Å². The number of thiophene rings is 1. The van der Waals surface area contributed by atoms with Crippen LogP contribution in [-0.4, -0.2) is 7.11 Å². The van der Waals surface area contributed by atoms with Crippen LogP contribution in [-0.2, 0) is 6.42 Å². The Morgan fingerprint density at radius 1 is 1.29 bits per heavy atom. The van der Waals surface area contributed by atoms with Crippen molar-refractivity contribution in [1.82, 2.24) is 0 Å². The average Bonchev–Trinajstić information content (AvgIpc) is 2.70. The Balaban J connectivity index is 2.58. The van der Waals surface area contributed by atoms with E-state index in [-0.39, 0.29) is 0 Å².